The van der Waals surface area contributed by atoms with Crippen LogP contribution in [0, 0.1) is 0 Å². The van der Waals surface area contributed by atoms with Gasteiger partial charge in [-0.05, 0) is 29.5 Å². The van der Waals surface area contributed by atoms with Crippen LogP contribution in [0.3, 0.4) is 0 Å². The molecule has 0 unspecified atom stereocenters. The number of hydrogen-bond donors (Lipinski definition) is 3. The van der Waals surface area contributed by atoms with Gasteiger partial charge in [-0.25, -0.2) is 4.79 Å². The Bertz CT molecular complexity index is 712. The van der Waals surface area contributed by atoms with E-state index in [-0.39, 0.29) is 18.4 Å². The summed E-state index contributed by atoms with van der Waals surface area (Å²) in [5.41, 5.74) is 2.66. The van der Waals surface area contributed by atoms with Gasteiger partial charge in [-0.1, -0.05) is 32.0 Å². The number of urea groups is 1. The monoisotopic (exact) mass is 344 g/mol. The molecule has 134 valence electrons. The molecule has 2 aliphatic heterocycles. The van der Waals surface area contributed by atoms with Gasteiger partial charge in [-0.15, -0.1) is 0 Å². The summed E-state index contributed by atoms with van der Waals surface area (Å²) < 4.78 is 0. The van der Waals surface area contributed by atoms with E-state index in [1.165, 1.54) is 11.1 Å². The average molecular weight is 344 g/mol. The molecule has 0 spiro atoms. The van der Waals surface area contributed by atoms with Crippen molar-refractivity contribution < 1.29 is 14.4 Å². The maximum atomic E-state index is 12.5. The molecule has 7 heteroatoms. The Balaban J connectivity index is 1.58. The lowest BCUT2D eigenvalue weighted by molar-refractivity contribution is -0.135. The zero-order valence-electron chi connectivity index (χ0n) is 14.6. The van der Waals surface area contributed by atoms with E-state index in [1.54, 1.807) is 0 Å². The van der Waals surface area contributed by atoms with Gasteiger partial charge in [0.15, 0.2) is 0 Å². The van der Waals surface area contributed by atoms with Gasteiger partial charge in [0, 0.05) is 19.6 Å². The van der Waals surface area contributed by atoms with Crippen LogP contribution in [0.15, 0.2) is 18.2 Å². The molecule has 3 N–H and O–H groups in total. The summed E-state index contributed by atoms with van der Waals surface area (Å²) in [6, 6.07) is 5.62. The fraction of sp³-hybridized carbons (Fsp3) is 0.500. The third-order valence-corrected chi connectivity index (χ3v) is 5.15. The van der Waals surface area contributed by atoms with Crippen LogP contribution < -0.4 is 16.0 Å². The Morgan fingerprint density at radius 2 is 1.92 bits per heavy atom. The Kier molecular flexibility index (Phi) is 4.76. The largest absolute Gasteiger partial charge is 0.350 e. The minimum absolute atomic E-state index is 0.251. The van der Waals surface area contributed by atoms with Crippen LogP contribution in [0.4, 0.5) is 4.79 Å². The summed E-state index contributed by atoms with van der Waals surface area (Å²) in [6.07, 6.45) is 1.02. The quantitative estimate of drug-likeness (QED) is 0.672. The molecule has 1 fully saturated rings. The molecule has 0 atom stereocenters. The van der Waals surface area contributed by atoms with E-state index in [0.717, 1.165) is 23.6 Å². The van der Waals surface area contributed by atoms with E-state index in [4.69, 9.17) is 0 Å². The second-order valence-electron chi connectivity index (χ2n) is 6.59. The molecule has 1 aromatic carbocycles. The van der Waals surface area contributed by atoms with Gasteiger partial charge in [0.1, 0.15) is 12.1 Å². The molecule has 0 radical (unpaired) electrons. The Morgan fingerprint density at radius 3 is 2.60 bits per heavy atom. The summed E-state index contributed by atoms with van der Waals surface area (Å²) in [5, 5.41) is 8.79. The molecule has 25 heavy (non-hydrogen) atoms. The molecule has 0 aliphatic carbocycles. The van der Waals surface area contributed by atoms with E-state index in [2.05, 4.69) is 28.1 Å². The fourth-order valence-electron chi connectivity index (χ4n) is 3.41. The van der Waals surface area contributed by atoms with E-state index >= 15 is 0 Å². The summed E-state index contributed by atoms with van der Waals surface area (Å²) in [7, 11) is 0. The van der Waals surface area contributed by atoms with Crippen molar-refractivity contribution in [3.8, 4) is 0 Å². The SMILES string of the molecule is CCC1(CC)NC(=O)N(CC(=O)NCc2ccc3c(c2)CNC3)C1=O. The van der Waals surface area contributed by atoms with Crippen molar-refractivity contribution in [2.75, 3.05) is 6.54 Å². The lowest BCUT2D eigenvalue weighted by Crippen LogP contribution is -2.46. The normalized spacial score (nSPS) is 18.2. The fourth-order valence-corrected chi connectivity index (χ4v) is 3.41. The first-order valence-electron chi connectivity index (χ1n) is 8.71. The first-order chi connectivity index (χ1) is 12.0. The molecule has 1 aromatic rings. The van der Waals surface area contributed by atoms with Crippen molar-refractivity contribution in [3.63, 3.8) is 0 Å². The van der Waals surface area contributed by atoms with Crippen molar-refractivity contribution in [1.29, 1.82) is 0 Å². The number of nitrogens with one attached hydrogen (secondary N) is 3. The van der Waals surface area contributed by atoms with Gasteiger partial charge in [-0.3, -0.25) is 14.5 Å². The van der Waals surface area contributed by atoms with Gasteiger partial charge in [0.05, 0.1) is 0 Å². The van der Waals surface area contributed by atoms with Crippen LogP contribution in [-0.2, 0) is 29.2 Å². The minimum atomic E-state index is -0.871. The Morgan fingerprint density at radius 1 is 1.20 bits per heavy atom. The summed E-state index contributed by atoms with van der Waals surface area (Å²) >= 11 is 0. The summed E-state index contributed by atoms with van der Waals surface area (Å²) in [6.45, 7) is 5.56. The first kappa shape index (κ1) is 17.4. The molecule has 4 amide bonds. The number of benzene rings is 1. The molecule has 2 aliphatic rings. The lowest BCUT2D eigenvalue weighted by Gasteiger charge is -2.23. The van der Waals surface area contributed by atoms with Crippen molar-refractivity contribution in [2.45, 2.75) is 51.9 Å². The molecule has 7 nitrogen and oxygen atoms in total. The van der Waals surface area contributed by atoms with Crippen molar-refractivity contribution >= 4 is 17.8 Å². The number of imide groups is 1. The highest BCUT2D eigenvalue weighted by Crippen LogP contribution is 2.24. The highest BCUT2D eigenvalue weighted by Gasteiger charge is 2.49. The Labute approximate surface area is 147 Å². The van der Waals surface area contributed by atoms with Crippen LogP contribution >= 0.6 is 0 Å². The molecule has 3 rings (SSSR count). The van der Waals surface area contributed by atoms with Crippen LogP contribution in [-0.4, -0.2) is 34.8 Å². The smallest absolute Gasteiger partial charge is 0.325 e. The number of carbonyl (C=O) groups is 3. The van der Waals surface area contributed by atoms with Gasteiger partial charge in [0.25, 0.3) is 5.91 Å². The van der Waals surface area contributed by atoms with Crippen LogP contribution in [0.2, 0.25) is 0 Å². The maximum Gasteiger partial charge on any atom is 0.325 e. The van der Waals surface area contributed by atoms with Crippen LogP contribution in [0.1, 0.15) is 43.4 Å². The van der Waals surface area contributed by atoms with Gasteiger partial charge < -0.3 is 16.0 Å². The summed E-state index contributed by atoms with van der Waals surface area (Å²) in [4.78, 5) is 37.8. The highest BCUT2D eigenvalue weighted by atomic mass is 16.2. The molecule has 0 saturated carbocycles. The van der Waals surface area contributed by atoms with E-state index in [0.29, 0.717) is 19.4 Å². The van der Waals surface area contributed by atoms with Crippen molar-refractivity contribution in [1.82, 2.24) is 20.9 Å². The molecule has 2 heterocycles. The van der Waals surface area contributed by atoms with Gasteiger partial charge in [0.2, 0.25) is 5.91 Å². The Hall–Kier alpha value is -2.41. The second-order valence-corrected chi connectivity index (χ2v) is 6.59. The predicted molar refractivity (Wildman–Crippen MR) is 92.4 cm³/mol. The molecular formula is C18H24N4O3. The maximum absolute atomic E-state index is 12.5. The molecular weight excluding hydrogens is 320 g/mol. The predicted octanol–water partition coefficient (Wildman–Crippen LogP) is 1.02. The zero-order valence-corrected chi connectivity index (χ0v) is 14.6. The number of amides is 4. The summed E-state index contributed by atoms with van der Waals surface area (Å²) in [5.74, 6) is -0.661. The topological polar surface area (TPSA) is 90.5 Å². The zero-order chi connectivity index (χ0) is 18.0. The van der Waals surface area contributed by atoms with E-state index < -0.39 is 11.6 Å². The van der Waals surface area contributed by atoms with Crippen LogP contribution in [0.25, 0.3) is 0 Å². The van der Waals surface area contributed by atoms with E-state index in [1.807, 2.05) is 19.9 Å². The van der Waals surface area contributed by atoms with Crippen LogP contribution in [0.5, 0.6) is 0 Å². The number of hydrogen-bond acceptors (Lipinski definition) is 4. The average Bonchev–Trinajstić information content (AvgIpc) is 3.17. The standard InChI is InChI=1S/C18H24N4O3/c1-3-18(4-2)16(24)22(17(25)21-18)11-15(23)20-8-12-5-6-13-9-19-10-14(13)7-12/h5-7,19H,3-4,8-11H2,1-2H3,(H,20,23)(H,21,25). The first-order valence-corrected chi connectivity index (χ1v) is 8.71. The number of nitrogens with zero attached hydrogens (tertiary/aromatic N) is 1. The van der Waals surface area contributed by atoms with Gasteiger partial charge >= 0.3 is 6.03 Å². The number of fused-ring (bicyclic) bond motifs is 1. The van der Waals surface area contributed by atoms with Crippen molar-refractivity contribution in [2.24, 2.45) is 0 Å². The molecule has 1 saturated heterocycles. The molecule has 0 aromatic heterocycles. The van der Waals surface area contributed by atoms with Crippen molar-refractivity contribution in [3.05, 3.63) is 34.9 Å². The number of carbonyl (C=O) groups excluding carboxylic acids is 3. The third kappa shape index (κ3) is 3.24. The third-order valence-electron chi connectivity index (χ3n) is 5.15. The minimum Gasteiger partial charge on any atom is -0.350 e. The van der Waals surface area contributed by atoms with E-state index in [9.17, 15) is 14.4 Å². The lowest BCUT2D eigenvalue weighted by atomic mass is 9.93. The molecule has 0 bridgehead atoms. The number of rotatable bonds is 6. The second kappa shape index (κ2) is 6.84. The van der Waals surface area contributed by atoms with Gasteiger partial charge in [-0.2, -0.15) is 0 Å². The highest BCUT2D eigenvalue weighted by molar-refractivity contribution is 6.08.